The highest BCUT2D eigenvalue weighted by Crippen LogP contribution is 2.28. The summed E-state index contributed by atoms with van der Waals surface area (Å²) in [5, 5.41) is 3.46. The second kappa shape index (κ2) is 12.0. The molecular formula is C15H32IN3S. The first-order chi connectivity index (χ1) is 9.17. The summed E-state index contributed by atoms with van der Waals surface area (Å²) in [4.78, 5) is 6.70. The molecule has 1 aliphatic rings. The topological polar surface area (TPSA) is 27.6 Å². The summed E-state index contributed by atoms with van der Waals surface area (Å²) in [6.45, 7) is 4.56. The molecule has 5 heteroatoms. The van der Waals surface area contributed by atoms with Gasteiger partial charge in [-0.1, -0.05) is 19.8 Å². The zero-order chi connectivity index (χ0) is 14.1. The molecule has 0 spiro atoms. The Hall–Kier alpha value is 0.350. The fraction of sp³-hybridized carbons (Fsp3) is 0.933. The average molecular weight is 413 g/mol. The molecule has 0 aromatic rings. The second-order valence-corrected chi connectivity index (χ2v) is 6.81. The van der Waals surface area contributed by atoms with Crippen molar-refractivity contribution in [2.24, 2.45) is 16.8 Å². The van der Waals surface area contributed by atoms with Crippen LogP contribution in [0.2, 0.25) is 0 Å². The molecule has 0 aromatic carbocycles. The van der Waals surface area contributed by atoms with E-state index in [9.17, 15) is 0 Å². The Morgan fingerprint density at radius 1 is 1.30 bits per heavy atom. The van der Waals surface area contributed by atoms with E-state index in [1.54, 1.807) is 0 Å². The van der Waals surface area contributed by atoms with Gasteiger partial charge >= 0.3 is 0 Å². The van der Waals surface area contributed by atoms with Crippen LogP contribution < -0.4 is 5.32 Å². The van der Waals surface area contributed by atoms with Gasteiger partial charge in [-0.05, 0) is 43.1 Å². The number of hydrogen-bond acceptors (Lipinski definition) is 2. The highest BCUT2D eigenvalue weighted by molar-refractivity contribution is 14.0. The fourth-order valence-corrected chi connectivity index (χ4v) is 3.22. The van der Waals surface area contributed by atoms with Crippen LogP contribution >= 0.6 is 35.7 Å². The Labute approximate surface area is 146 Å². The summed E-state index contributed by atoms with van der Waals surface area (Å²) in [5.41, 5.74) is 0. The van der Waals surface area contributed by atoms with Crippen LogP contribution in [0.1, 0.15) is 39.0 Å². The molecule has 0 heterocycles. The van der Waals surface area contributed by atoms with Gasteiger partial charge in [0.1, 0.15) is 0 Å². The van der Waals surface area contributed by atoms with Crippen molar-refractivity contribution in [2.75, 3.05) is 39.2 Å². The van der Waals surface area contributed by atoms with Crippen molar-refractivity contribution in [2.45, 2.75) is 39.0 Å². The van der Waals surface area contributed by atoms with Crippen molar-refractivity contribution >= 4 is 41.7 Å². The number of aliphatic imine (C=N–C) groups is 1. The van der Waals surface area contributed by atoms with E-state index >= 15 is 0 Å². The predicted octanol–water partition coefficient (Wildman–Crippen LogP) is 3.69. The third-order valence-corrected chi connectivity index (χ3v) is 4.75. The van der Waals surface area contributed by atoms with Crippen LogP contribution in [0, 0.1) is 11.8 Å². The number of nitrogens with one attached hydrogen (secondary N) is 1. The largest absolute Gasteiger partial charge is 0.356 e. The van der Waals surface area contributed by atoms with E-state index in [1.165, 1.54) is 37.9 Å². The lowest BCUT2D eigenvalue weighted by atomic mass is 9.83. The molecule has 0 radical (unpaired) electrons. The molecule has 1 N–H and O–H groups in total. The number of halogens is 1. The molecule has 0 atom stereocenters. The maximum atomic E-state index is 4.39. The third kappa shape index (κ3) is 7.96. The summed E-state index contributed by atoms with van der Waals surface area (Å²) >= 11 is 1.90. The van der Waals surface area contributed by atoms with Crippen molar-refractivity contribution in [1.82, 2.24) is 10.2 Å². The van der Waals surface area contributed by atoms with Gasteiger partial charge in [0.25, 0.3) is 0 Å². The molecule has 0 aromatic heterocycles. The van der Waals surface area contributed by atoms with Crippen LogP contribution in [0.25, 0.3) is 0 Å². The normalized spacial score (nSPS) is 23.1. The summed E-state index contributed by atoms with van der Waals surface area (Å²) in [6.07, 6.45) is 8.93. The van der Waals surface area contributed by atoms with Gasteiger partial charge in [0.05, 0.1) is 0 Å². The lowest BCUT2D eigenvalue weighted by molar-refractivity contribution is 0.250. The van der Waals surface area contributed by atoms with Gasteiger partial charge < -0.3 is 10.2 Å². The zero-order valence-electron chi connectivity index (χ0n) is 13.5. The number of nitrogens with zero attached hydrogens (tertiary/aromatic N) is 2. The lowest BCUT2D eigenvalue weighted by Gasteiger charge is -2.31. The van der Waals surface area contributed by atoms with E-state index in [0.29, 0.717) is 0 Å². The minimum absolute atomic E-state index is 0. The lowest BCUT2D eigenvalue weighted by Crippen LogP contribution is -2.42. The van der Waals surface area contributed by atoms with Crippen LogP contribution in [-0.4, -0.2) is 50.1 Å². The first kappa shape index (κ1) is 20.3. The SMILES string of the molecule is CN=C(NCCCSC)N(C)CC1CCC(C)CC1.I. The van der Waals surface area contributed by atoms with Gasteiger partial charge in [-0.25, -0.2) is 0 Å². The summed E-state index contributed by atoms with van der Waals surface area (Å²) < 4.78 is 0. The van der Waals surface area contributed by atoms with E-state index in [1.807, 2.05) is 18.8 Å². The molecule has 1 saturated carbocycles. The fourth-order valence-electron chi connectivity index (χ4n) is 2.79. The zero-order valence-corrected chi connectivity index (χ0v) is 16.7. The van der Waals surface area contributed by atoms with Gasteiger partial charge in [-0.15, -0.1) is 24.0 Å². The number of guanidine groups is 1. The molecule has 0 bridgehead atoms. The molecular weight excluding hydrogens is 381 g/mol. The van der Waals surface area contributed by atoms with Crippen LogP contribution in [0.4, 0.5) is 0 Å². The van der Waals surface area contributed by atoms with Gasteiger partial charge in [0, 0.05) is 27.2 Å². The quantitative estimate of drug-likeness (QED) is 0.312. The van der Waals surface area contributed by atoms with Crippen LogP contribution in [-0.2, 0) is 0 Å². The van der Waals surface area contributed by atoms with E-state index < -0.39 is 0 Å². The van der Waals surface area contributed by atoms with E-state index in [0.717, 1.165) is 30.9 Å². The average Bonchev–Trinajstić information content (AvgIpc) is 2.41. The Morgan fingerprint density at radius 3 is 2.50 bits per heavy atom. The predicted molar refractivity (Wildman–Crippen MR) is 104 cm³/mol. The number of thioether (sulfide) groups is 1. The molecule has 0 unspecified atom stereocenters. The van der Waals surface area contributed by atoms with E-state index in [-0.39, 0.29) is 24.0 Å². The molecule has 0 saturated heterocycles. The van der Waals surface area contributed by atoms with Gasteiger partial charge in [-0.2, -0.15) is 11.8 Å². The standard InChI is InChI=1S/C15H31N3S.HI/c1-13-6-8-14(9-7-13)12-18(3)15(16-2)17-10-5-11-19-4;/h13-14H,5-12H2,1-4H3,(H,16,17);1H. The third-order valence-electron chi connectivity index (χ3n) is 4.05. The van der Waals surface area contributed by atoms with Crippen molar-refractivity contribution in [1.29, 1.82) is 0 Å². The molecule has 3 nitrogen and oxygen atoms in total. The summed E-state index contributed by atoms with van der Waals surface area (Å²) in [7, 11) is 4.05. The molecule has 0 amide bonds. The molecule has 0 aliphatic heterocycles. The molecule has 1 aliphatic carbocycles. The summed E-state index contributed by atoms with van der Waals surface area (Å²) in [5.74, 6) is 4.06. The molecule has 1 rings (SSSR count). The van der Waals surface area contributed by atoms with Crippen LogP contribution in [0.5, 0.6) is 0 Å². The van der Waals surface area contributed by atoms with Crippen molar-refractivity contribution in [3.05, 3.63) is 0 Å². The number of hydrogen-bond donors (Lipinski definition) is 1. The van der Waals surface area contributed by atoms with Crippen molar-refractivity contribution in [3.63, 3.8) is 0 Å². The molecule has 1 fully saturated rings. The Balaban J connectivity index is 0.00000361. The van der Waals surface area contributed by atoms with Crippen molar-refractivity contribution in [3.8, 4) is 0 Å². The van der Waals surface area contributed by atoms with Crippen LogP contribution in [0.15, 0.2) is 4.99 Å². The number of rotatable bonds is 6. The smallest absolute Gasteiger partial charge is 0.193 e. The maximum absolute atomic E-state index is 4.39. The first-order valence-electron chi connectivity index (χ1n) is 7.58. The van der Waals surface area contributed by atoms with Crippen molar-refractivity contribution < 1.29 is 0 Å². The van der Waals surface area contributed by atoms with Gasteiger partial charge in [0.15, 0.2) is 5.96 Å². The second-order valence-electron chi connectivity index (χ2n) is 5.83. The highest BCUT2D eigenvalue weighted by Gasteiger charge is 2.20. The van der Waals surface area contributed by atoms with Crippen LogP contribution in [0.3, 0.4) is 0 Å². The molecule has 120 valence electrons. The highest BCUT2D eigenvalue weighted by atomic mass is 127. The monoisotopic (exact) mass is 413 g/mol. The minimum Gasteiger partial charge on any atom is -0.356 e. The van der Waals surface area contributed by atoms with E-state index in [4.69, 9.17) is 0 Å². The van der Waals surface area contributed by atoms with E-state index in [2.05, 4.69) is 35.4 Å². The Morgan fingerprint density at radius 2 is 1.95 bits per heavy atom. The maximum Gasteiger partial charge on any atom is 0.193 e. The Bertz CT molecular complexity index is 266. The molecule has 20 heavy (non-hydrogen) atoms. The minimum atomic E-state index is 0. The van der Waals surface area contributed by atoms with Gasteiger partial charge in [-0.3, -0.25) is 4.99 Å². The van der Waals surface area contributed by atoms with Gasteiger partial charge in [0.2, 0.25) is 0 Å². The Kier molecular flexibility index (Phi) is 12.2. The summed E-state index contributed by atoms with van der Waals surface area (Å²) in [6, 6.07) is 0. The first-order valence-corrected chi connectivity index (χ1v) is 8.97.